The van der Waals surface area contributed by atoms with Crippen LogP contribution in [0.5, 0.6) is 0 Å². The molecule has 0 bridgehead atoms. The van der Waals surface area contributed by atoms with E-state index in [1.165, 1.54) is 0 Å². The highest BCUT2D eigenvalue weighted by atomic mass is 16.5. The highest BCUT2D eigenvalue weighted by Crippen LogP contribution is 2.04. The molecule has 0 radical (unpaired) electrons. The van der Waals surface area contributed by atoms with E-state index in [0.29, 0.717) is 86.2 Å². The van der Waals surface area contributed by atoms with Crippen LogP contribution in [0.25, 0.3) is 0 Å². The molecule has 0 unspecified atom stereocenters. The predicted molar refractivity (Wildman–Crippen MR) is 167 cm³/mol. The van der Waals surface area contributed by atoms with E-state index in [1.807, 2.05) is 0 Å². The minimum Gasteiger partial charge on any atom is -0.481 e. The molecule has 0 atom stereocenters. The molecule has 0 rings (SSSR count). The molecule has 0 spiro atoms. The van der Waals surface area contributed by atoms with Crippen molar-refractivity contribution in [2.24, 2.45) is 0 Å². The molecule has 0 saturated heterocycles. The average molecular weight is 675 g/mol. The predicted octanol–water partition coefficient (Wildman–Crippen LogP) is 1.33. The van der Waals surface area contributed by atoms with Crippen molar-refractivity contribution < 1.29 is 54.3 Å². The van der Waals surface area contributed by atoms with Gasteiger partial charge in [-0.3, -0.25) is 49.2 Å². The van der Waals surface area contributed by atoms with Gasteiger partial charge < -0.3 is 21.1 Å². The van der Waals surface area contributed by atoms with Crippen LogP contribution in [-0.2, 0) is 33.6 Å². The number of hydrogen-bond acceptors (Lipinski definition) is 10. The number of carbonyl (C=O) groups is 7. The fourth-order valence-electron chi connectivity index (χ4n) is 4.09. The second-order valence-corrected chi connectivity index (χ2v) is 11.0. The van der Waals surface area contributed by atoms with Gasteiger partial charge >= 0.3 is 5.97 Å². The molecule has 17 heteroatoms. The highest BCUT2D eigenvalue weighted by molar-refractivity contribution is 5.84. The van der Waals surface area contributed by atoms with E-state index in [1.54, 1.807) is 6.92 Å². The number of nitrogens with zero attached hydrogens (tertiary/aromatic N) is 3. The van der Waals surface area contributed by atoms with Gasteiger partial charge in [0.25, 0.3) is 0 Å². The first-order valence-corrected chi connectivity index (χ1v) is 16.4. The van der Waals surface area contributed by atoms with E-state index in [2.05, 4.69) is 16.0 Å². The molecular formula is C30H54N6O11. The summed E-state index contributed by atoms with van der Waals surface area (Å²) in [5, 5.41) is 47.7. The van der Waals surface area contributed by atoms with Crippen LogP contribution in [0, 0.1) is 0 Å². The fourth-order valence-corrected chi connectivity index (χ4v) is 4.09. The number of hydrogen-bond donors (Lipinski definition) is 7. The number of hydroxylamine groups is 6. The van der Waals surface area contributed by atoms with Crippen molar-refractivity contribution in [2.75, 3.05) is 39.3 Å². The summed E-state index contributed by atoms with van der Waals surface area (Å²) >= 11 is 0. The number of unbranched alkanes of at least 4 members (excludes halogenated alkanes) is 6. The van der Waals surface area contributed by atoms with Crippen molar-refractivity contribution in [3.05, 3.63) is 0 Å². The normalized spacial score (nSPS) is 10.6. The highest BCUT2D eigenvalue weighted by Gasteiger charge is 2.15. The summed E-state index contributed by atoms with van der Waals surface area (Å²) in [5.41, 5.74) is 0. The first kappa shape index (κ1) is 43.2. The molecule has 0 aromatic rings. The Kier molecular flexibility index (Phi) is 25.1. The van der Waals surface area contributed by atoms with E-state index in [9.17, 15) is 49.2 Å². The van der Waals surface area contributed by atoms with Crippen molar-refractivity contribution in [3.8, 4) is 0 Å². The Balaban J connectivity index is 3.79. The van der Waals surface area contributed by atoms with Gasteiger partial charge in [0, 0.05) is 77.8 Å². The maximum Gasteiger partial charge on any atom is 0.303 e. The second kappa shape index (κ2) is 27.3. The number of amides is 6. The summed E-state index contributed by atoms with van der Waals surface area (Å²) in [6.45, 7) is 3.29. The Morgan fingerprint density at radius 3 is 1.09 bits per heavy atom. The lowest BCUT2D eigenvalue weighted by molar-refractivity contribution is -0.166. The van der Waals surface area contributed by atoms with Gasteiger partial charge in [-0.25, -0.2) is 15.2 Å². The Bertz CT molecular complexity index is 982. The summed E-state index contributed by atoms with van der Waals surface area (Å²) in [6, 6.07) is 0. The molecule has 7 N–H and O–H groups in total. The second-order valence-electron chi connectivity index (χ2n) is 11.0. The van der Waals surface area contributed by atoms with Crippen LogP contribution in [0.3, 0.4) is 0 Å². The molecule has 47 heavy (non-hydrogen) atoms. The Labute approximate surface area is 275 Å². The van der Waals surface area contributed by atoms with E-state index in [4.69, 9.17) is 5.11 Å². The molecule has 6 amide bonds. The number of nitrogens with one attached hydrogen (secondary N) is 3. The van der Waals surface area contributed by atoms with E-state index < -0.39 is 23.7 Å². The van der Waals surface area contributed by atoms with Crippen LogP contribution in [-0.4, -0.2) is 117 Å². The lowest BCUT2D eigenvalue weighted by atomic mass is 10.2. The van der Waals surface area contributed by atoms with Crippen LogP contribution in [0.4, 0.5) is 0 Å². The third kappa shape index (κ3) is 25.0. The summed E-state index contributed by atoms with van der Waals surface area (Å²) in [6.07, 6.45) is 4.71. The topological polar surface area (TPSA) is 246 Å². The number of rotatable bonds is 28. The summed E-state index contributed by atoms with van der Waals surface area (Å²) < 4.78 is 0. The van der Waals surface area contributed by atoms with E-state index in [-0.39, 0.29) is 75.9 Å². The zero-order valence-electron chi connectivity index (χ0n) is 27.5. The molecule has 0 aliphatic heterocycles. The van der Waals surface area contributed by atoms with Gasteiger partial charge in [0.2, 0.25) is 35.4 Å². The third-order valence-corrected chi connectivity index (χ3v) is 6.98. The third-order valence-electron chi connectivity index (χ3n) is 6.98. The monoisotopic (exact) mass is 674 g/mol. The molecule has 17 nitrogen and oxygen atoms in total. The quantitative estimate of drug-likeness (QED) is 0.0354. The van der Waals surface area contributed by atoms with Gasteiger partial charge in [0.05, 0.1) is 6.42 Å². The molecule has 0 aromatic carbocycles. The lowest BCUT2D eigenvalue weighted by Crippen LogP contribution is -2.31. The SMILES string of the molecule is CCC(=O)NCCCCCN(O)C(=O)CCC(=O)NCCCCCN(O)C(=O)CCC(=O)NCCCCCN(O)C(=O)CCC(=O)O. The zero-order chi connectivity index (χ0) is 35.5. The average Bonchev–Trinajstić information content (AvgIpc) is 3.05. The first-order chi connectivity index (χ1) is 22.4. The maximum atomic E-state index is 12.1. The molecular weight excluding hydrogens is 620 g/mol. The van der Waals surface area contributed by atoms with Crippen LogP contribution in [0.15, 0.2) is 0 Å². The lowest BCUT2D eigenvalue weighted by Gasteiger charge is -2.15. The molecule has 0 aliphatic rings. The number of carbonyl (C=O) groups excluding carboxylic acids is 6. The van der Waals surface area contributed by atoms with Crippen LogP contribution < -0.4 is 16.0 Å². The zero-order valence-corrected chi connectivity index (χ0v) is 27.5. The molecule has 270 valence electrons. The minimum absolute atomic E-state index is 0.0192. The molecule has 0 aromatic heterocycles. The summed E-state index contributed by atoms with van der Waals surface area (Å²) in [5.74, 6) is -3.62. The Morgan fingerprint density at radius 1 is 0.447 bits per heavy atom. The number of carboxylic acid groups (broad SMARTS) is 1. The van der Waals surface area contributed by atoms with Crippen LogP contribution >= 0.6 is 0 Å². The van der Waals surface area contributed by atoms with E-state index >= 15 is 0 Å². The molecule has 0 fully saturated rings. The Morgan fingerprint density at radius 2 is 0.766 bits per heavy atom. The van der Waals surface area contributed by atoms with Gasteiger partial charge in [0.1, 0.15) is 0 Å². The summed E-state index contributed by atoms with van der Waals surface area (Å²) in [7, 11) is 0. The standard InChI is InChI=1S/C30H54N6O11/c1-2-24(37)31-18-6-3-9-21-34(45)27(40)14-12-25(38)32-19-7-4-10-22-35(46)28(41)15-13-26(39)33-20-8-5-11-23-36(47)29(42)16-17-30(43)44/h45-47H,2-23H2,1H3,(H,31,37)(H,32,38)(H,33,39)(H,43,44). The number of aliphatic carboxylic acids is 1. The summed E-state index contributed by atoms with van der Waals surface area (Å²) in [4.78, 5) is 81.1. The van der Waals surface area contributed by atoms with Gasteiger partial charge in [0.15, 0.2) is 0 Å². The van der Waals surface area contributed by atoms with Crippen LogP contribution in [0.1, 0.15) is 110 Å². The fraction of sp³-hybridized carbons (Fsp3) is 0.767. The van der Waals surface area contributed by atoms with Crippen molar-refractivity contribution in [3.63, 3.8) is 0 Å². The molecule has 0 heterocycles. The van der Waals surface area contributed by atoms with Crippen molar-refractivity contribution >= 4 is 41.4 Å². The number of carboxylic acids is 1. The Hall–Kier alpha value is -3.83. The van der Waals surface area contributed by atoms with E-state index in [0.717, 1.165) is 12.8 Å². The minimum atomic E-state index is -1.12. The smallest absolute Gasteiger partial charge is 0.303 e. The first-order valence-electron chi connectivity index (χ1n) is 16.4. The largest absolute Gasteiger partial charge is 0.481 e. The molecule has 0 aliphatic carbocycles. The van der Waals surface area contributed by atoms with Gasteiger partial charge in [-0.1, -0.05) is 6.92 Å². The van der Waals surface area contributed by atoms with Crippen LogP contribution in [0.2, 0.25) is 0 Å². The van der Waals surface area contributed by atoms with Crippen molar-refractivity contribution in [1.82, 2.24) is 31.1 Å². The van der Waals surface area contributed by atoms with Crippen molar-refractivity contribution in [1.29, 1.82) is 0 Å². The van der Waals surface area contributed by atoms with Gasteiger partial charge in [-0.2, -0.15) is 0 Å². The maximum absolute atomic E-state index is 12.1. The van der Waals surface area contributed by atoms with Gasteiger partial charge in [-0.15, -0.1) is 0 Å². The molecule has 0 saturated carbocycles. The van der Waals surface area contributed by atoms with Crippen molar-refractivity contribution in [2.45, 2.75) is 110 Å². The van der Waals surface area contributed by atoms with Gasteiger partial charge in [-0.05, 0) is 57.8 Å².